The van der Waals surface area contributed by atoms with Crippen LogP contribution in [0.4, 0.5) is 0 Å². The number of rotatable bonds is 9. The summed E-state index contributed by atoms with van der Waals surface area (Å²) in [6, 6.07) is 14.8. The summed E-state index contributed by atoms with van der Waals surface area (Å²) in [5, 5.41) is 13.9. The maximum atomic E-state index is 14.0. The number of piperidine rings is 1. The molecule has 0 radical (unpaired) electrons. The van der Waals surface area contributed by atoms with E-state index in [0.29, 0.717) is 24.4 Å². The van der Waals surface area contributed by atoms with Crippen molar-refractivity contribution in [2.75, 3.05) is 33.9 Å². The number of ether oxygens (including phenoxy) is 2. The standard InChI is InChI=1S/C23H29N3O7S.ClH/c1-32-19-8-10-20(11-9-19)34(30,31)26(16-18-6-4-3-5-7-18)23(12-14-24-15-13-23)22(28)25(29)17-21(27)33-2;/h3-11,24,29H,12-17H2,1-2H3;1H. The van der Waals surface area contributed by atoms with Crippen molar-refractivity contribution in [1.29, 1.82) is 0 Å². The number of carbonyl (C=O) groups excluding carboxylic acids is 2. The van der Waals surface area contributed by atoms with Crippen molar-refractivity contribution in [1.82, 2.24) is 14.7 Å². The van der Waals surface area contributed by atoms with Gasteiger partial charge >= 0.3 is 5.97 Å². The summed E-state index contributed by atoms with van der Waals surface area (Å²) in [6.45, 7) is -0.123. The topological polar surface area (TPSA) is 125 Å². The van der Waals surface area contributed by atoms with Crippen LogP contribution in [0.2, 0.25) is 0 Å². The summed E-state index contributed by atoms with van der Waals surface area (Å²) in [4.78, 5) is 25.3. The van der Waals surface area contributed by atoms with E-state index < -0.39 is 34.0 Å². The summed E-state index contributed by atoms with van der Waals surface area (Å²) in [7, 11) is -1.61. The van der Waals surface area contributed by atoms with E-state index in [2.05, 4.69) is 10.1 Å². The number of halogens is 1. The molecule has 10 nitrogen and oxygen atoms in total. The molecule has 3 rings (SSSR count). The highest BCUT2D eigenvalue weighted by Gasteiger charge is 2.52. The minimum Gasteiger partial charge on any atom is -0.497 e. The summed E-state index contributed by atoms with van der Waals surface area (Å²) in [6.07, 6.45) is 0.207. The van der Waals surface area contributed by atoms with Crippen LogP contribution in [0.25, 0.3) is 0 Å². The molecule has 0 aliphatic carbocycles. The molecule has 35 heavy (non-hydrogen) atoms. The highest BCUT2D eigenvalue weighted by Crippen LogP contribution is 2.35. The van der Waals surface area contributed by atoms with Gasteiger partial charge in [-0.2, -0.15) is 4.31 Å². The zero-order chi connectivity index (χ0) is 24.8. The van der Waals surface area contributed by atoms with Gasteiger partial charge in [-0.15, -0.1) is 12.4 Å². The van der Waals surface area contributed by atoms with E-state index in [1.807, 2.05) is 6.07 Å². The molecule has 0 atom stereocenters. The molecule has 0 unspecified atom stereocenters. The molecule has 1 fully saturated rings. The lowest BCUT2D eigenvalue weighted by Gasteiger charge is -2.45. The van der Waals surface area contributed by atoms with Crippen molar-refractivity contribution in [3.63, 3.8) is 0 Å². The number of benzene rings is 2. The SMILES string of the molecule is COC(=O)CN(O)C(=O)C1(N(Cc2ccccc2)S(=O)(=O)c2ccc(OC)cc2)CCNCC1.Cl. The molecule has 2 aromatic carbocycles. The quantitative estimate of drug-likeness (QED) is 0.287. The second-order valence-electron chi connectivity index (χ2n) is 7.89. The molecule has 12 heteroatoms. The third-order valence-electron chi connectivity index (χ3n) is 5.86. The van der Waals surface area contributed by atoms with Crippen molar-refractivity contribution in [3.8, 4) is 5.75 Å². The normalized spacial score (nSPS) is 15.1. The van der Waals surface area contributed by atoms with Crippen LogP contribution in [0.15, 0.2) is 59.5 Å². The first-order chi connectivity index (χ1) is 16.2. The minimum atomic E-state index is -4.22. The lowest BCUT2D eigenvalue weighted by atomic mass is 9.86. The highest BCUT2D eigenvalue weighted by molar-refractivity contribution is 7.89. The molecule has 1 aliphatic heterocycles. The number of amides is 1. The molecule has 0 aromatic heterocycles. The summed E-state index contributed by atoms with van der Waals surface area (Å²) in [5.74, 6) is -1.22. The molecule has 0 saturated carbocycles. The zero-order valence-electron chi connectivity index (χ0n) is 19.5. The third kappa shape index (κ3) is 6.30. The molecule has 192 valence electrons. The van der Waals surface area contributed by atoms with Crippen molar-refractivity contribution in [2.45, 2.75) is 29.8 Å². The Labute approximate surface area is 211 Å². The maximum Gasteiger partial charge on any atom is 0.328 e. The van der Waals surface area contributed by atoms with Crippen LogP contribution in [0, 0.1) is 0 Å². The Kier molecular flexibility index (Phi) is 10.0. The maximum absolute atomic E-state index is 14.0. The van der Waals surface area contributed by atoms with Crippen molar-refractivity contribution >= 4 is 34.3 Å². The second-order valence-corrected chi connectivity index (χ2v) is 9.76. The third-order valence-corrected chi connectivity index (χ3v) is 7.79. The van der Waals surface area contributed by atoms with E-state index in [-0.39, 0.29) is 41.8 Å². The first-order valence-electron chi connectivity index (χ1n) is 10.7. The molecule has 2 N–H and O–H groups in total. The number of hydroxylamine groups is 2. The van der Waals surface area contributed by atoms with Gasteiger partial charge in [0.25, 0.3) is 5.91 Å². The first-order valence-corrected chi connectivity index (χ1v) is 12.2. The number of methoxy groups -OCH3 is 2. The number of sulfonamides is 1. The fourth-order valence-electron chi connectivity index (χ4n) is 4.00. The Morgan fingerprint density at radius 2 is 1.63 bits per heavy atom. The average molecular weight is 528 g/mol. The number of esters is 1. The van der Waals surface area contributed by atoms with Crippen LogP contribution < -0.4 is 10.1 Å². The Balaban J connectivity index is 0.00000432. The van der Waals surface area contributed by atoms with Crippen molar-refractivity contribution in [3.05, 3.63) is 60.2 Å². The Hall–Kier alpha value is -2.70. The van der Waals surface area contributed by atoms with Crippen molar-refractivity contribution in [2.24, 2.45) is 0 Å². The molecule has 2 aromatic rings. The van der Waals surface area contributed by atoms with Gasteiger partial charge in [0.2, 0.25) is 10.0 Å². The number of hydrogen-bond donors (Lipinski definition) is 2. The van der Waals surface area contributed by atoms with E-state index in [0.717, 1.165) is 11.4 Å². The van der Waals surface area contributed by atoms with Crippen LogP contribution in [-0.4, -0.2) is 74.3 Å². The van der Waals surface area contributed by atoms with Gasteiger partial charge in [-0.3, -0.25) is 14.8 Å². The van der Waals surface area contributed by atoms with Gasteiger partial charge in [-0.05, 0) is 55.8 Å². The van der Waals surface area contributed by atoms with Crippen LogP contribution in [0.5, 0.6) is 5.75 Å². The van der Waals surface area contributed by atoms with E-state index >= 15 is 0 Å². The molecule has 1 amide bonds. The molecule has 0 spiro atoms. The predicted octanol–water partition coefficient (Wildman–Crippen LogP) is 1.82. The Morgan fingerprint density at radius 1 is 1.03 bits per heavy atom. The van der Waals surface area contributed by atoms with E-state index in [1.165, 1.54) is 31.4 Å². The number of nitrogens with one attached hydrogen (secondary N) is 1. The van der Waals surface area contributed by atoms with E-state index in [4.69, 9.17) is 4.74 Å². The van der Waals surface area contributed by atoms with E-state index in [1.54, 1.807) is 24.3 Å². The van der Waals surface area contributed by atoms with Gasteiger partial charge < -0.3 is 14.8 Å². The smallest absolute Gasteiger partial charge is 0.328 e. The lowest BCUT2D eigenvalue weighted by Crippen LogP contribution is -2.64. The van der Waals surface area contributed by atoms with Crippen LogP contribution in [0.1, 0.15) is 18.4 Å². The summed E-state index contributed by atoms with van der Waals surface area (Å²) in [5.41, 5.74) is -0.953. The summed E-state index contributed by atoms with van der Waals surface area (Å²) >= 11 is 0. The number of hydrogen-bond acceptors (Lipinski definition) is 8. The number of nitrogens with zero attached hydrogens (tertiary/aromatic N) is 2. The molecule has 1 heterocycles. The van der Waals surface area contributed by atoms with Gasteiger partial charge in [-0.1, -0.05) is 30.3 Å². The zero-order valence-corrected chi connectivity index (χ0v) is 21.2. The van der Waals surface area contributed by atoms with Gasteiger partial charge in [-0.25, -0.2) is 13.5 Å². The first kappa shape index (κ1) is 28.5. The van der Waals surface area contributed by atoms with Gasteiger partial charge in [0, 0.05) is 6.54 Å². The second kappa shape index (κ2) is 12.3. The predicted molar refractivity (Wildman–Crippen MR) is 130 cm³/mol. The molecule has 1 aliphatic rings. The van der Waals surface area contributed by atoms with Gasteiger partial charge in [0.05, 0.1) is 19.1 Å². The van der Waals surface area contributed by atoms with Crippen LogP contribution in [0.3, 0.4) is 0 Å². The molecule has 0 bridgehead atoms. The fourth-order valence-corrected chi connectivity index (χ4v) is 5.77. The number of carbonyl (C=O) groups is 2. The summed E-state index contributed by atoms with van der Waals surface area (Å²) < 4.78 is 38.8. The lowest BCUT2D eigenvalue weighted by molar-refractivity contribution is -0.184. The largest absolute Gasteiger partial charge is 0.497 e. The average Bonchev–Trinajstić information content (AvgIpc) is 2.87. The molecular weight excluding hydrogens is 498 g/mol. The minimum absolute atomic E-state index is 0. The van der Waals surface area contributed by atoms with E-state index in [9.17, 15) is 23.2 Å². The van der Waals surface area contributed by atoms with Crippen LogP contribution in [-0.2, 0) is 30.9 Å². The van der Waals surface area contributed by atoms with Gasteiger partial charge in [0.1, 0.15) is 17.8 Å². The fraction of sp³-hybridized carbons (Fsp3) is 0.391. The highest BCUT2D eigenvalue weighted by atomic mass is 35.5. The van der Waals surface area contributed by atoms with Crippen LogP contribution >= 0.6 is 12.4 Å². The molecule has 1 saturated heterocycles. The Morgan fingerprint density at radius 3 is 2.17 bits per heavy atom. The van der Waals surface area contributed by atoms with Crippen molar-refractivity contribution < 1.29 is 32.7 Å². The van der Waals surface area contributed by atoms with Gasteiger partial charge in [0.15, 0.2) is 0 Å². The monoisotopic (exact) mass is 527 g/mol. The Bertz CT molecular complexity index is 1090. The molecular formula is C23H30ClN3O7S.